The number of non-ortho nitro benzene ring substituents is 1. The van der Waals surface area contributed by atoms with E-state index in [-0.39, 0.29) is 18.1 Å². The number of carbonyl (C=O) groups is 2. The number of carboxylic acids is 1. The highest BCUT2D eigenvalue weighted by Gasteiger charge is 2.35. The summed E-state index contributed by atoms with van der Waals surface area (Å²) in [5.41, 5.74) is -0.957. The highest BCUT2D eigenvalue weighted by molar-refractivity contribution is 8.00. The Labute approximate surface area is 145 Å². The lowest BCUT2D eigenvalue weighted by Crippen LogP contribution is -2.44. The largest absolute Gasteiger partial charge is 0.481 e. The molecule has 1 aromatic rings. The minimum absolute atomic E-state index is 0.00594. The van der Waals surface area contributed by atoms with Crippen LogP contribution in [0.4, 0.5) is 5.69 Å². The topological polar surface area (TPSA) is 110 Å². The summed E-state index contributed by atoms with van der Waals surface area (Å²) in [6.07, 6.45) is 0.867. The number of nitrogens with zero attached hydrogens (tertiary/aromatic N) is 1. The molecule has 1 amide bonds. The quantitative estimate of drug-likeness (QED) is 0.401. The number of thioether (sulfide) groups is 1. The summed E-state index contributed by atoms with van der Waals surface area (Å²) in [5.74, 6) is -1.17. The molecule has 0 heterocycles. The minimum Gasteiger partial charge on any atom is -0.481 e. The molecule has 1 unspecified atom stereocenters. The molecule has 0 aliphatic rings. The van der Waals surface area contributed by atoms with Crippen LogP contribution in [0.1, 0.15) is 33.6 Å². The molecule has 0 aliphatic carbocycles. The summed E-state index contributed by atoms with van der Waals surface area (Å²) < 4.78 is 0. The van der Waals surface area contributed by atoms with Gasteiger partial charge in [-0.05, 0) is 31.9 Å². The predicted molar refractivity (Wildman–Crippen MR) is 92.1 cm³/mol. The van der Waals surface area contributed by atoms with E-state index in [1.54, 1.807) is 32.9 Å². The van der Waals surface area contributed by atoms with Gasteiger partial charge in [0.1, 0.15) is 0 Å². The highest BCUT2D eigenvalue weighted by atomic mass is 32.2. The van der Waals surface area contributed by atoms with Gasteiger partial charge in [-0.2, -0.15) is 0 Å². The number of nitro groups is 1. The number of hydrogen-bond donors (Lipinski definition) is 2. The summed E-state index contributed by atoms with van der Waals surface area (Å²) in [6, 6.07) is 5.95. The van der Waals surface area contributed by atoms with Crippen LogP contribution in [0.2, 0.25) is 0 Å². The summed E-state index contributed by atoms with van der Waals surface area (Å²) in [6.45, 7) is 5.37. The zero-order chi connectivity index (χ0) is 18.3. The first-order valence-electron chi connectivity index (χ1n) is 7.68. The van der Waals surface area contributed by atoms with Crippen LogP contribution in [0.25, 0.3) is 0 Å². The normalized spacial score (nSPS) is 12.5. The fourth-order valence-corrected chi connectivity index (χ4v) is 3.07. The second-order valence-electron chi connectivity index (χ2n) is 5.52. The fourth-order valence-electron chi connectivity index (χ4n) is 2.18. The van der Waals surface area contributed by atoms with E-state index in [9.17, 15) is 24.8 Å². The van der Waals surface area contributed by atoms with Gasteiger partial charge >= 0.3 is 5.97 Å². The Morgan fingerprint density at radius 2 is 1.83 bits per heavy atom. The SMILES string of the molecule is CCC(CC)(CNC(=O)C(C)Sc1ccc([N+](=O)[O-])cc1)C(=O)O. The van der Waals surface area contributed by atoms with Crippen LogP contribution in [0.5, 0.6) is 0 Å². The molecule has 0 spiro atoms. The highest BCUT2D eigenvalue weighted by Crippen LogP contribution is 2.27. The molecule has 8 heteroatoms. The molecule has 2 N–H and O–H groups in total. The van der Waals surface area contributed by atoms with Crippen LogP contribution in [0, 0.1) is 15.5 Å². The lowest BCUT2D eigenvalue weighted by molar-refractivity contribution is -0.384. The number of amides is 1. The Morgan fingerprint density at radius 3 is 2.25 bits per heavy atom. The lowest BCUT2D eigenvalue weighted by atomic mass is 9.82. The van der Waals surface area contributed by atoms with Crippen molar-refractivity contribution in [3.05, 3.63) is 34.4 Å². The first kappa shape index (κ1) is 20.0. The molecule has 24 heavy (non-hydrogen) atoms. The lowest BCUT2D eigenvalue weighted by Gasteiger charge is -2.27. The molecule has 0 radical (unpaired) electrons. The van der Waals surface area contributed by atoms with Crippen molar-refractivity contribution in [2.45, 2.75) is 43.8 Å². The molecule has 0 bridgehead atoms. The van der Waals surface area contributed by atoms with Crippen LogP contribution < -0.4 is 5.32 Å². The van der Waals surface area contributed by atoms with Crippen molar-refractivity contribution in [1.29, 1.82) is 0 Å². The summed E-state index contributed by atoms with van der Waals surface area (Å²) in [5, 5.41) is 22.3. The molecule has 0 aliphatic heterocycles. The molecule has 0 saturated heterocycles. The Balaban J connectivity index is 2.64. The van der Waals surface area contributed by atoms with Gasteiger partial charge < -0.3 is 10.4 Å². The molecule has 1 aromatic carbocycles. The monoisotopic (exact) mass is 354 g/mol. The van der Waals surface area contributed by atoms with Crippen molar-refractivity contribution < 1.29 is 19.6 Å². The van der Waals surface area contributed by atoms with Crippen molar-refractivity contribution in [2.24, 2.45) is 5.41 Å². The summed E-state index contributed by atoms with van der Waals surface area (Å²) in [7, 11) is 0. The standard InChI is InChI=1S/C16H22N2O5S/c1-4-16(5-2,15(20)21)10-17-14(19)11(3)24-13-8-6-12(7-9-13)18(22)23/h6-9,11H,4-5,10H2,1-3H3,(H,17,19)(H,20,21). The number of hydrogen-bond acceptors (Lipinski definition) is 5. The molecule has 0 saturated carbocycles. The van der Waals surface area contributed by atoms with Gasteiger partial charge in [0.15, 0.2) is 0 Å². The number of carboxylic acid groups (broad SMARTS) is 1. The van der Waals surface area contributed by atoms with Gasteiger partial charge in [-0.1, -0.05) is 13.8 Å². The third kappa shape index (κ3) is 4.95. The Hall–Kier alpha value is -2.09. The van der Waals surface area contributed by atoms with Crippen LogP contribution in [-0.4, -0.2) is 33.7 Å². The van der Waals surface area contributed by atoms with Crippen molar-refractivity contribution in [2.75, 3.05) is 6.54 Å². The van der Waals surface area contributed by atoms with Gasteiger partial charge in [-0.3, -0.25) is 19.7 Å². The van der Waals surface area contributed by atoms with E-state index in [0.29, 0.717) is 12.8 Å². The first-order valence-corrected chi connectivity index (χ1v) is 8.56. The van der Waals surface area contributed by atoms with Crippen LogP contribution >= 0.6 is 11.8 Å². The molecule has 1 rings (SSSR count). The van der Waals surface area contributed by atoms with Crippen molar-refractivity contribution in [1.82, 2.24) is 5.32 Å². The second-order valence-corrected chi connectivity index (χ2v) is 6.94. The number of benzene rings is 1. The Morgan fingerprint density at radius 1 is 1.29 bits per heavy atom. The van der Waals surface area contributed by atoms with Crippen LogP contribution in [0.15, 0.2) is 29.2 Å². The molecule has 132 valence electrons. The van der Waals surface area contributed by atoms with Gasteiger partial charge in [-0.15, -0.1) is 11.8 Å². The second kappa shape index (κ2) is 8.68. The summed E-state index contributed by atoms with van der Waals surface area (Å²) >= 11 is 1.26. The third-order valence-corrected chi connectivity index (χ3v) is 5.25. The number of nitrogens with one attached hydrogen (secondary N) is 1. The average molecular weight is 354 g/mol. The van der Waals surface area contributed by atoms with Crippen molar-refractivity contribution in [3.8, 4) is 0 Å². The zero-order valence-electron chi connectivity index (χ0n) is 13.9. The number of carbonyl (C=O) groups excluding carboxylic acids is 1. The van der Waals surface area contributed by atoms with E-state index in [4.69, 9.17) is 0 Å². The first-order chi connectivity index (χ1) is 11.3. The van der Waals surface area contributed by atoms with E-state index in [1.807, 2.05) is 0 Å². The van der Waals surface area contributed by atoms with E-state index in [1.165, 1.54) is 23.9 Å². The number of nitro benzene ring substituents is 1. The van der Waals surface area contributed by atoms with E-state index in [0.717, 1.165) is 4.90 Å². The maximum absolute atomic E-state index is 12.2. The van der Waals surface area contributed by atoms with Gasteiger partial charge in [0.05, 0.1) is 15.6 Å². The van der Waals surface area contributed by atoms with Crippen molar-refractivity contribution in [3.63, 3.8) is 0 Å². The number of rotatable bonds is 9. The zero-order valence-corrected chi connectivity index (χ0v) is 14.8. The van der Waals surface area contributed by atoms with Gasteiger partial charge in [0.2, 0.25) is 5.91 Å². The van der Waals surface area contributed by atoms with Crippen LogP contribution in [-0.2, 0) is 9.59 Å². The van der Waals surface area contributed by atoms with E-state index in [2.05, 4.69) is 5.32 Å². The summed E-state index contributed by atoms with van der Waals surface area (Å²) in [4.78, 5) is 34.5. The maximum atomic E-state index is 12.2. The molecule has 7 nitrogen and oxygen atoms in total. The van der Waals surface area contributed by atoms with Crippen molar-refractivity contribution >= 4 is 29.3 Å². The molecule has 0 fully saturated rings. The molecular formula is C16H22N2O5S. The van der Waals surface area contributed by atoms with Gasteiger partial charge in [0, 0.05) is 23.6 Å². The fraction of sp³-hybridized carbons (Fsp3) is 0.500. The van der Waals surface area contributed by atoms with E-state index < -0.39 is 21.6 Å². The van der Waals surface area contributed by atoms with Crippen LogP contribution in [0.3, 0.4) is 0 Å². The Kier molecular flexibility index (Phi) is 7.21. The maximum Gasteiger partial charge on any atom is 0.311 e. The smallest absolute Gasteiger partial charge is 0.311 e. The molecular weight excluding hydrogens is 332 g/mol. The Bertz CT molecular complexity index is 599. The van der Waals surface area contributed by atoms with Gasteiger partial charge in [-0.25, -0.2) is 0 Å². The number of aliphatic carboxylic acids is 1. The average Bonchev–Trinajstić information content (AvgIpc) is 2.56. The predicted octanol–water partition coefficient (Wildman–Crippen LogP) is 3.08. The van der Waals surface area contributed by atoms with E-state index >= 15 is 0 Å². The third-order valence-electron chi connectivity index (χ3n) is 4.14. The minimum atomic E-state index is -0.951. The molecule has 1 atom stereocenters. The van der Waals surface area contributed by atoms with Gasteiger partial charge in [0.25, 0.3) is 5.69 Å². The molecule has 0 aromatic heterocycles.